The van der Waals surface area contributed by atoms with Gasteiger partial charge in [0, 0.05) is 11.1 Å². The minimum Gasteiger partial charge on any atom is -0.394 e. The molecule has 0 bridgehead atoms. The number of halogens is 1. The highest BCUT2D eigenvalue weighted by molar-refractivity contribution is 7.89. The summed E-state index contributed by atoms with van der Waals surface area (Å²) in [5.74, 6) is -0.507. The van der Waals surface area contributed by atoms with E-state index in [0.29, 0.717) is 5.02 Å². The van der Waals surface area contributed by atoms with Gasteiger partial charge in [-0.25, -0.2) is 8.42 Å². The number of carbonyl (C=O) groups is 1. The molecular weight excluding hydrogens is 328 g/mol. The van der Waals surface area contributed by atoms with Crippen molar-refractivity contribution in [2.75, 3.05) is 6.61 Å². The minimum atomic E-state index is -3.90. The monoisotopic (exact) mass is 346 g/mol. The van der Waals surface area contributed by atoms with Crippen molar-refractivity contribution in [2.24, 2.45) is 0 Å². The van der Waals surface area contributed by atoms with E-state index < -0.39 is 28.6 Å². The minimum absolute atomic E-state index is 0.0102. The fourth-order valence-electron chi connectivity index (χ4n) is 2.41. The highest BCUT2D eigenvalue weighted by atomic mass is 35.5. The van der Waals surface area contributed by atoms with Crippen LogP contribution in [-0.4, -0.2) is 38.1 Å². The number of aliphatic hydroxyl groups is 1. The van der Waals surface area contributed by atoms with E-state index >= 15 is 0 Å². The summed E-state index contributed by atoms with van der Waals surface area (Å²) in [6.07, 6.45) is 3.86. The molecule has 1 atom stereocenters. The van der Waals surface area contributed by atoms with Gasteiger partial charge < -0.3 is 10.4 Å². The van der Waals surface area contributed by atoms with Crippen LogP contribution in [0.25, 0.3) is 0 Å². The number of sulfonamides is 1. The van der Waals surface area contributed by atoms with Gasteiger partial charge in [0.15, 0.2) is 0 Å². The Kier molecular flexibility index (Phi) is 5.80. The van der Waals surface area contributed by atoms with Crippen LogP contribution in [0.3, 0.4) is 0 Å². The van der Waals surface area contributed by atoms with Gasteiger partial charge in [0.2, 0.25) is 15.9 Å². The largest absolute Gasteiger partial charge is 0.394 e. The Bertz CT molecular complexity index is 612. The maximum Gasteiger partial charge on any atom is 0.241 e. The van der Waals surface area contributed by atoms with Crippen LogP contribution < -0.4 is 10.0 Å². The van der Waals surface area contributed by atoms with Crippen molar-refractivity contribution in [1.29, 1.82) is 0 Å². The summed E-state index contributed by atoms with van der Waals surface area (Å²) in [5, 5.41) is 12.5. The SMILES string of the molecule is O=C(NC1CCCC1)[C@H](CO)NS(=O)(=O)c1ccc(Cl)cc1. The van der Waals surface area contributed by atoms with Gasteiger partial charge in [-0.1, -0.05) is 24.4 Å². The van der Waals surface area contributed by atoms with Gasteiger partial charge in [0.1, 0.15) is 6.04 Å². The molecule has 0 saturated heterocycles. The number of carbonyl (C=O) groups excluding carboxylic acids is 1. The third kappa shape index (κ3) is 4.42. The van der Waals surface area contributed by atoms with Gasteiger partial charge in [-0.2, -0.15) is 4.72 Å². The van der Waals surface area contributed by atoms with Crippen LogP contribution in [0.2, 0.25) is 5.02 Å². The van der Waals surface area contributed by atoms with E-state index in [-0.39, 0.29) is 10.9 Å². The molecule has 1 fully saturated rings. The molecule has 0 unspecified atom stereocenters. The third-order valence-corrected chi connectivity index (χ3v) is 5.36. The molecule has 0 spiro atoms. The van der Waals surface area contributed by atoms with Gasteiger partial charge in [-0.05, 0) is 37.1 Å². The van der Waals surface area contributed by atoms with E-state index in [9.17, 15) is 18.3 Å². The van der Waals surface area contributed by atoms with Crippen LogP contribution in [0.5, 0.6) is 0 Å². The first-order chi connectivity index (χ1) is 10.4. The zero-order valence-corrected chi connectivity index (χ0v) is 13.5. The Morgan fingerprint density at radius 3 is 2.41 bits per heavy atom. The lowest BCUT2D eigenvalue weighted by Gasteiger charge is -2.19. The van der Waals surface area contributed by atoms with E-state index in [2.05, 4.69) is 10.0 Å². The predicted octanol–water partition coefficient (Wildman–Crippen LogP) is 1.04. The van der Waals surface area contributed by atoms with Crippen molar-refractivity contribution in [2.45, 2.75) is 42.7 Å². The van der Waals surface area contributed by atoms with Crippen LogP contribution in [-0.2, 0) is 14.8 Å². The molecule has 6 nitrogen and oxygen atoms in total. The highest BCUT2D eigenvalue weighted by Crippen LogP contribution is 2.18. The smallest absolute Gasteiger partial charge is 0.241 e. The molecule has 122 valence electrons. The summed E-state index contributed by atoms with van der Waals surface area (Å²) in [7, 11) is -3.90. The summed E-state index contributed by atoms with van der Waals surface area (Å²) in [6, 6.07) is 4.43. The number of amides is 1. The van der Waals surface area contributed by atoms with Crippen LogP contribution >= 0.6 is 11.6 Å². The second kappa shape index (κ2) is 7.41. The van der Waals surface area contributed by atoms with E-state index in [1.807, 2.05) is 0 Å². The van der Waals surface area contributed by atoms with Gasteiger partial charge in [-0.15, -0.1) is 0 Å². The Morgan fingerprint density at radius 1 is 1.27 bits per heavy atom. The fraction of sp³-hybridized carbons (Fsp3) is 0.500. The second-order valence-electron chi connectivity index (χ2n) is 5.30. The summed E-state index contributed by atoms with van der Waals surface area (Å²) >= 11 is 5.72. The first-order valence-electron chi connectivity index (χ1n) is 7.11. The van der Waals surface area contributed by atoms with Crippen molar-refractivity contribution in [3.8, 4) is 0 Å². The molecule has 0 radical (unpaired) electrons. The Hall–Kier alpha value is -1.15. The molecule has 0 heterocycles. The number of hydrogen-bond acceptors (Lipinski definition) is 4. The average molecular weight is 347 g/mol. The summed E-state index contributed by atoms with van der Waals surface area (Å²) in [5.41, 5.74) is 0. The molecule has 8 heteroatoms. The van der Waals surface area contributed by atoms with Crippen molar-refractivity contribution in [3.05, 3.63) is 29.3 Å². The molecule has 2 rings (SSSR count). The summed E-state index contributed by atoms with van der Waals surface area (Å²) in [4.78, 5) is 12.1. The van der Waals surface area contributed by atoms with E-state index in [0.717, 1.165) is 25.7 Å². The maximum absolute atomic E-state index is 12.2. The molecule has 1 aliphatic rings. The molecule has 1 aromatic rings. The highest BCUT2D eigenvalue weighted by Gasteiger charge is 2.27. The van der Waals surface area contributed by atoms with Crippen LogP contribution in [0, 0.1) is 0 Å². The van der Waals surface area contributed by atoms with Crippen molar-refractivity contribution in [1.82, 2.24) is 10.0 Å². The first-order valence-corrected chi connectivity index (χ1v) is 8.97. The molecule has 0 aromatic heterocycles. The van der Waals surface area contributed by atoms with E-state index in [1.54, 1.807) is 0 Å². The Morgan fingerprint density at radius 2 is 1.86 bits per heavy atom. The van der Waals surface area contributed by atoms with Gasteiger partial charge in [0.25, 0.3) is 0 Å². The second-order valence-corrected chi connectivity index (χ2v) is 7.45. The Balaban J connectivity index is 2.04. The van der Waals surface area contributed by atoms with Gasteiger partial charge in [-0.3, -0.25) is 4.79 Å². The quantitative estimate of drug-likeness (QED) is 0.717. The molecule has 1 saturated carbocycles. The van der Waals surface area contributed by atoms with Crippen LogP contribution in [0.4, 0.5) is 0 Å². The summed E-state index contributed by atoms with van der Waals surface area (Å²) < 4.78 is 26.6. The van der Waals surface area contributed by atoms with Crippen molar-refractivity contribution in [3.63, 3.8) is 0 Å². The average Bonchev–Trinajstić information content (AvgIpc) is 2.98. The van der Waals surface area contributed by atoms with Gasteiger partial charge >= 0.3 is 0 Å². The first kappa shape index (κ1) is 17.2. The van der Waals surface area contributed by atoms with E-state index in [4.69, 9.17) is 11.6 Å². The van der Waals surface area contributed by atoms with E-state index in [1.165, 1.54) is 24.3 Å². The zero-order chi connectivity index (χ0) is 16.2. The topological polar surface area (TPSA) is 95.5 Å². The van der Waals surface area contributed by atoms with Crippen molar-refractivity contribution >= 4 is 27.5 Å². The number of hydrogen-bond donors (Lipinski definition) is 3. The molecule has 1 amide bonds. The maximum atomic E-state index is 12.2. The molecule has 1 aromatic carbocycles. The zero-order valence-electron chi connectivity index (χ0n) is 12.0. The lowest BCUT2D eigenvalue weighted by molar-refractivity contribution is -0.124. The summed E-state index contributed by atoms with van der Waals surface area (Å²) in [6.45, 7) is -0.606. The van der Waals surface area contributed by atoms with Crippen LogP contribution in [0.1, 0.15) is 25.7 Å². The molecule has 22 heavy (non-hydrogen) atoms. The van der Waals surface area contributed by atoms with Gasteiger partial charge in [0.05, 0.1) is 11.5 Å². The molecule has 3 N–H and O–H groups in total. The van der Waals surface area contributed by atoms with Crippen molar-refractivity contribution < 1.29 is 18.3 Å². The third-order valence-electron chi connectivity index (χ3n) is 3.62. The number of aliphatic hydroxyl groups excluding tert-OH is 1. The number of nitrogens with one attached hydrogen (secondary N) is 2. The Labute approximate surface area is 134 Å². The number of benzene rings is 1. The molecule has 0 aliphatic heterocycles. The predicted molar refractivity (Wildman–Crippen MR) is 83.0 cm³/mol. The van der Waals surface area contributed by atoms with Crippen LogP contribution in [0.15, 0.2) is 29.2 Å². The standard InChI is InChI=1S/C14H19ClN2O4S/c15-10-5-7-12(8-6-10)22(20,21)17-13(9-18)14(19)16-11-3-1-2-4-11/h5-8,11,13,17-18H,1-4,9H2,(H,16,19)/t13-/m0/s1. The molecule has 1 aliphatic carbocycles. The normalized spacial score (nSPS) is 17.4. The number of rotatable bonds is 6. The fourth-order valence-corrected chi connectivity index (χ4v) is 3.73. The lowest BCUT2D eigenvalue weighted by Crippen LogP contribution is -2.50. The lowest BCUT2D eigenvalue weighted by atomic mass is 10.2. The molecular formula is C14H19ClN2O4S.